The van der Waals surface area contributed by atoms with E-state index in [1.807, 2.05) is 0 Å². The first-order valence-corrected chi connectivity index (χ1v) is 16.4. The molecule has 4 heterocycles. The highest BCUT2D eigenvalue weighted by atomic mass is 15.1. The lowest BCUT2D eigenvalue weighted by Crippen LogP contribution is -2.67. The van der Waals surface area contributed by atoms with Crippen molar-refractivity contribution in [3.8, 4) is 33.6 Å². The standard InChI is InChI=1S/C22H22N.C20H26N/c1-22(2,3)20-13-21-18-12-8-7-11-17(18)14-23(21)15-19(20)16-9-5-4-6-10-16;1-6-19(4)16-12-10-11-15(3)18(16)17-13-8-9-14-21(17)20(19,5)7-2/h4-13,15H,14H2,1-3H3;8-14H,6-7H2,1-5H3/q2*+1. The van der Waals surface area contributed by atoms with Crippen molar-refractivity contribution in [2.24, 2.45) is 0 Å². The second kappa shape index (κ2) is 11.1. The van der Waals surface area contributed by atoms with E-state index in [1.165, 1.54) is 55.9 Å². The number of pyridine rings is 2. The van der Waals surface area contributed by atoms with E-state index >= 15 is 0 Å². The third-order valence-corrected chi connectivity index (χ3v) is 10.8. The van der Waals surface area contributed by atoms with Crippen LogP contribution in [0.3, 0.4) is 0 Å². The van der Waals surface area contributed by atoms with Crippen LogP contribution in [0.15, 0.2) is 109 Å². The minimum atomic E-state index is 0.109. The van der Waals surface area contributed by atoms with Gasteiger partial charge in [0.2, 0.25) is 11.4 Å². The molecule has 0 N–H and O–H groups in total. The molecule has 5 aromatic rings. The second-order valence-corrected chi connectivity index (χ2v) is 14.2. The minimum absolute atomic E-state index is 0.109. The zero-order chi connectivity index (χ0) is 31.3. The van der Waals surface area contributed by atoms with Gasteiger partial charge in [0.05, 0.1) is 16.5 Å². The molecule has 0 saturated heterocycles. The highest BCUT2D eigenvalue weighted by Gasteiger charge is 2.56. The number of rotatable bonds is 3. The Balaban J connectivity index is 0.000000157. The van der Waals surface area contributed by atoms with Crippen molar-refractivity contribution < 1.29 is 9.13 Å². The highest BCUT2D eigenvalue weighted by Crippen LogP contribution is 2.50. The Kier molecular flexibility index (Phi) is 7.60. The van der Waals surface area contributed by atoms with E-state index in [-0.39, 0.29) is 16.4 Å². The van der Waals surface area contributed by atoms with Crippen LogP contribution in [0.1, 0.15) is 83.6 Å². The Hall–Kier alpha value is -4.04. The summed E-state index contributed by atoms with van der Waals surface area (Å²) in [6.45, 7) is 19.6. The van der Waals surface area contributed by atoms with Gasteiger partial charge in [0.1, 0.15) is 0 Å². The van der Waals surface area contributed by atoms with Gasteiger partial charge < -0.3 is 0 Å². The van der Waals surface area contributed by atoms with Crippen LogP contribution in [-0.4, -0.2) is 0 Å². The van der Waals surface area contributed by atoms with Gasteiger partial charge in [-0.1, -0.05) is 101 Å². The zero-order valence-electron chi connectivity index (χ0n) is 27.9. The Morgan fingerprint density at radius 1 is 0.727 bits per heavy atom. The average Bonchev–Trinajstić information content (AvgIpc) is 3.41. The molecule has 2 atom stereocenters. The number of aryl methyl sites for hydroxylation is 1. The Morgan fingerprint density at radius 2 is 1.43 bits per heavy atom. The van der Waals surface area contributed by atoms with Crippen LogP contribution in [0.25, 0.3) is 33.6 Å². The number of hydrogen-bond acceptors (Lipinski definition) is 0. The summed E-state index contributed by atoms with van der Waals surface area (Å²) in [6.07, 6.45) is 6.88. The molecule has 7 rings (SSSR count). The normalized spacial score (nSPS) is 19.6. The maximum absolute atomic E-state index is 2.52. The van der Waals surface area contributed by atoms with E-state index in [0.717, 1.165) is 19.4 Å². The average molecular weight is 581 g/mol. The third kappa shape index (κ3) is 4.71. The lowest BCUT2D eigenvalue weighted by atomic mass is 9.60. The van der Waals surface area contributed by atoms with Gasteiger partial charge in [-0.2, -0.15) is 9.13 Å². The van der Waals surface area contributed by atoms with E-state index in [2.05, 4.69) is 174 Å². The number of fused-ring (bicyclic) bond motifs is 6. The van der Waals surface area contributed by atoms with E-state index in [9.17, 15) is 0 Å². The molecule has 0 radical (unpaired) electrons. The minimum Gasteiger partial charge on any atom is -0.193 e. The van der Waals surface area contributed by atoms with Crippen molar-refractivity contribution in [3.05, 3.63) is 132 Å². The molecule has 0 amide bonds. The molecule has 2 aromatic heterocycles. The lowest BCUT2D eigenvalue weighted by molar-refractivity contribution is -0.765. The van der Waals surface area contributed by atoms with Gasteiger partial charge in [-0.05, 0) is 60.1 Å². The number of hydrogen-bond donors (Lipinski definition) is 0. The molecule has 0 bridgehead atoms. The van der Waals surface area contributed by atoms with Gasteiger partial charge >= 0.3 is 0 Å². The van der Waals surface area contributed by atoms with Crippen LogP contribution in [-0.2, 0) is 22.9 Å². The summed E-state index contributed by atoms with van der Waals surface area (Å²) >= 11 is 0. The predicted octanol–water partition coefficient (Wildman–Crippen LogP) is 9.72. The Morgan fingerprint density at radius 3 is 2.14 bits per heavy atom. The van der Waals surface area contributed by atoms with Gasteiger partial charge in [0, 0.05) is 42.7 Å². The van der Waals surface area contributed by atoms with Gasteiger partial charge in [-0.3, -0.25) is 0 Å². The summed E-state index contributed by atoms with van der Waals surface area (Å²) in [5.74, 6) is 0. The maximum Gasteiger partial charge on any atom is 0.213 e. The molecular weight excluding hydrogens is 532 g/mol. The van der Waals surface area contributed by atoms with Crippen molar-refractivity contribution in [2.75, 3.05) is 0 Å². The fourth-order valence-corrected chi connectivity index (χ4v) is 7.75. The predicted molar refractivity (Wildman–Crippen MR) is 184 cm³/mol. The first-order chi connectivity index (χ1) is 21.0. The third-order valence-electron chi connectivity index (χ3n) is 10.8. The Bertz CT molecular complexity index is 1830. The summed E-state index contributed by atoms with van der Waals surface area (Å²) < 4.78 is 4.91. The van der Waals surface area contributed by atoms with Crippen molar-refractivity contribution in [3.63, 3.8) is 0 Å². The smallest absolute Gasteiger partial charge is 0.193 e. The number of aromatic nitrogens is 2. The van der Waals surface area contributed by atoms with Crippen molar-refractivity contribution in [1.82, 2.24) is 0 Å². The largest absolute Gasteiger partial charge is 0.213 e. The molecule has 0 aliphatic carbocycles. The van der Waals surface area contributed by atoms with Crippen LogP contribution in [0, 0.1) is 6.92 Å². The summed E-state index contributed by atoms with van der Waals surface area (Å²) in [5, 5.41) is 0. The lowest BCUT2D eigenvalue weighted by Gasteiger charge is -2.46. The van der Waals surface area contributed by atoms with Crippen molar-refractivity contribution >= 4 is 0 Å². The molecule has 2 nitrogen and oxygen atoms in total. The van der Waals surface area contributed by atoms with E-state index in [1.54, 1.807) is 0 Å². The van der Waals surface area contributed by atoms with Crippen molar-refractivity contribution in [1.29, 1.82) is 0 Å². The van der Waals surface area contributed by atoms with Crippen LogP contribution in [0.4, 0.5) is 0 Å². The van der Waals surface area contributed by atoms with Crippen LogP contribution >= 0.6 is 0 Å². The van der Waals surface area contributed by atoms with Crippen molar-refractivity contribution in [2.45, 2.75) is 91.1 Å². The fourth-order valence-electron chi connectivity index (χ4n) is 7.75. The summed E-state index contributed by atoms with van der Waals surface area (Å²) in [4.78, 5) is 0. The van der Waals surface area contributed by atoms with Gasteiger partial charge in [-0.25, -0.2) is 0 Å². The fraction of sp³-hybridized carbons (Fsp3) is 0.333. The summed E-state index contributed by atoms with van der Waals surface area (Å²) in [5.41, 5.74) is 14.2. The molecular formula is C42H48N2+2. The molecule has 2 aliphatic heterocycles. The molecule has 0 spiro atoms. The quantitative estimate of drug-likeness (QED) is 0.184. The van der Waals surface area contributed by atoms with Gasteiger partial charge in [-0.15, -0.1) is 0 Å². The molecule has 0 fully saturated rings. The monoisotopic (exact) mass is 580 g/mol. The molecule has 2 unspecified atom stereocenters. The number of nitrogens with zero attached hydrogens (tertiary/aromatic N) is 2. The molecule has 2 aliphatic rings. The zero-order valence-corrected chi connectivity index (χ0v) is 27.9. The molecule has 44 heavy (non-hydrogen) atoms. The maximum atomic E-state index is 2.52. The highest BCUT2D eigenvalue weighted by molar-refractivity contribution is 5.72. The Labute approximate surface area is 265 Å². The first kappa shape index (κ1) is 30.0. The van der Waals surface area contributed by atoms with Gasteiger partial charge in [0.25, 0.3) is 0 Å². The topological polar surface area (TPSA) is 7.76 Å². The summed E-state index contributed by atoms with van der Waals surface area (Å²) in [7, 11) is 0. The summed E-state index contributed by atoms with van der Waals surface area (Å²) in [6, 6.07) is 35.3. The molecule has 224 valence electrons. The van der Waals surface area contributed by atoms with Crippen LogP contribution in [0.5, 0.6) is 0 Å². The first-order valence-electron chi connectivity index (χ1n) is 16.4. The van der Waals surface area contributed by atoms with Gasteiger partial charge in [0.15, 0.2) is 24.5 Å². The second-order valence-electron chi connectivity index (χ2n) is 14.2. The number of benzene rings is 3. The SMILES string of the molecule is CC(C)(C)c1cc2[n+](cc1-c1ccccc1)Cc1ccccc1-2.CCC1(C)c2cccc(C)c2-c2cccc[n+]2C1(C)CC. The molecule has 3 aromatic carbocycles. The molecule has 2 heteroatoms. The van der Waals surface area contributed by atoms with E-state index < -0.39 is 0 Å². The van der Waals surface area contributed by atoms with Crippen LogP contribution in [0.2, 0.25) is 0 Å². The molecule has 0 saturated carbocycles. The van der Waals surface area contributed by atoms with E-state index in [4.69, 9.17) is 0 Å². The van der Waals surface area contributed by atoms with E-state index in [0.29, 0.717) is 0 Å². The van der Waals surface area contributed by atoms with Crippen LogP contribution < -0.4 is 9.13 Å².